The van der Waals surface area contributed by atoms with Crippen molar-refractivity contribution in [3.63, 3.8) is 0 Å². The molecule has 0 saturated heterocycles. The summed E-state index contributed by atoms with van der Waals surface area (Å²) in [6.07, 6.45) is 100. The zero-order chi connectivity index (χ0) is 64.2. The van der Waals surface area contributed by atoms with Gasteiger partial charge in [0.05, 0.1) is 25.4 Å². The molecule has 0 heterocycles. The number of carbonyl (C=O) groups is 2. The fourth-order valence-corrected chi connectivity index (χ4v) is 13.5. The minimum atomic E-state index is -0.662. The van der Waals surface area contributed by atoms with E-state index in [1.165, 1.54) is 411 Å². The average molecular weight is 1260 g/mol. The van der Waals surface area contributed by atoms with Gasteiger partial charge in [-0.2, -0.15) is 0 Å². The highest BCUT2D eigenvalue weighted by Crippen LogP contribution is 2.21. The molecule has 1 amide bonds. The summed E-state index contributed by atoms with van der Waals surface area (Å²) in [6.45, 7) is 5.02. The summed E-state index contributed by atoms with van der Waals surface area (Å²) in [5.74, 6) is 0.000337. The number of aliphatic hydroxyl groups excluding tert-OH is 2. The molecule has 6 nitrogen and oxygen atoms in total. The van der Waals surface area contributed by atoms with Gasteiger partial charge in [0.1, 0.15) is 0 Å². The van der Waals surface area contributed by atoms with E-state index in [0.717, 1.165) is 38.5 Å². The van der Waals surface area contributed by atoms with Gasteiger partial charge in [-0.25, -0.2) is 0 Å². The van der Waals surface area contributed by atoms with Crippen LogP contribution in [-0.2, 0) is 14.3 Å². The van der Waals surface area contributed by atoms with Gasteiger partial charge in [0.2, 0.25) is 5.91 Å². The van der Waals surface area contributed by atoms with E-state index in [9.17, 15) is 19.8 Å². The Labute approximate surface area is 559 Å². The van der Waals surface area contributed by atoms with Crippen LogP contribution in [-0.4, -0.2) is 47.4 Å². The number of unbranched alkanes of at least 4 members (excludes halogenated alkanes) is 66. The molecule has 530 valence electrons. The number of hydrogen-bond donors (Lipinski definition) is 3. The summed E-state index contributed by atoms with van der Waals surface area (Å²) in [5.41, 5.74) is 0. The maximum absolute atomic E-state index is 12.6. The minimum absolute atomic E-state index is 0.0253. The van der Waals surface area contributed by atoms with E-state index in [2.05, 4.69) is 31.3 Å². The molecule has 0 aliphatic heterocycles. The number of rotatable bonds is 79. The number of hydrogen-bond acceptors (Lipinski definition) is 5. The smallest absolute Gasteiger partial charge is 0.305 e. The van der Waals surface area contributed by atoms with Gasteiger partial charge in [0.15, 0.2) is 0 Å². The molecule has 2 unspecified atom stereocenters. The highest BCUT2D eigenvalue weighted by molar-refractivity contribution is 5.76. The van der Waals surface area contributed by atoms with E-state index in [0.29, 0.717) is 25.9 Å². The van der Waals surface area contributed by atoms with Crippen molar-refractivity contribution in [2.24, 2.45) is 0 Å². The van der Waals surface area contributed by atoms with Crippen LogP contribution in [0.3, 0.4) is 0 Å². The molecule has 0 aromatic heterocycles. The van der Waals surface area contributed by atoms with Crippen molar-refractivity contribution in [1.29, 1.82) is 0 Å². The third-order valence-corrected chi connectivity index (χ3v) is 19.8. The van der Waals surface area contributed by atoms with Crippen LogP contribution in [0.1, 0.15) is 483 Å². The lowest BCUT2D eigenvalue weighted by molar-refractivity contribution is -0.143. The molecular formula is C83H163NO5. The van der Waals surface area contributed by atoms with E-state index in [1.54, 1.807) is 0 Å². The summed E-state index contributed by atoms with van der Waals surface area (Å²) in [4.78, 5) is 24.7. The van der Waals surface area contributed by atoms with Crippen LogP contribution in [0.25, 0.3) is 0 Å². The van der Waals surface area contributed by atoms with Crippen molar-refractivity contribution in [1.82, 2.24) is 5.32 Å². The second kappa shape index (κ2) is 79.0. The van der Waals surface area contributed by atoms with Crippen LogP contribution in [0, 0.1) is 0 Å². The van der Waals surface area contributed by atoms with Crippen LogP contribution >= 0.6 is 0 Å². The highest BCUT2D eigenvalue weighted by atomic mass is 16.5. The molecule has 0 aliphatic carbocycles. The SMILES string of the molecule is CCCCCCCCCCCCCCCCCCCCCCC(O)C(CO)NC(=O)CCCCCCCCCCCCCCCCCCC/C=C\CCCCCCCCCCCCCCCCCCOC(=O)CCCCCCCCCCCCCCCCC. The van der Waals surface area contributed by atoms with Gasteiger partial charge in [0.25, 0.3) is 0 Å². The van der Waals surface area contributed by atoms with E-state index in [1.807, 2.05) is 0 Å². The second-order valence-electron chi connectivity index (χ2n) is 28.8. The Hall–Kier alpha value is -1.40. The lowest BCUT2D eigenvalue weighted by Gasteiger charge is -2.22. The first-order valence-electron chi connectivity index (χ1n) is 41.4. The van der Waals surface area contributed by atoms with Gasteiger partial charge in [0, 0.05) is 12.8 Å². The van der Waals surface area contributed by atoms with Crippen molar-refractivity contribution >= 4 is 11.9 Å². The van der Waals surface area contributed by atoms with Crippen LogP contribution in [0.15, 0.2) is 12.2 Å². The number of aliphatic hydroxyl groups is 2. The van der Waals surface area contributed by atoms with Crippen LogP contribution in [0.2, 0.25) is 0 Å². The number of nitrogens with one attached hydrogen (secondary N) is 1. The zero-order valence-corrected chi connectivity index (χ0v) is 61.0. The predicted octanol–water partition coefficient (Wildman–Crippen LogP) is 27.4. The number of amides is 1. The normalized spacial score (nSPS) is 12.4. The van der Waals surface area contributed by atoms with Gasteiger partial charge in [-0.05, 0) is 51.4 Å². The summed E-state index contributed by atoms with van der Waals surface area (Å²) >= 11 is 0. The van der Waals surface area contributed by atoms with E-state index >= 15 is 0 Å². The fraction of sp³-hybridized carbons (Fsp3) is 0.952. The average Bonchev–Trinajstić information content (AvgIpc) is 3.67. The Kier molecular flexibility index (Phi) is 77.8. The fourth-order valence-electron chi connectivity index (χ4n) is 13.5. The van der Waals surface area contributed by atoms with Crippen LogP contribution in [0.4, 0.5) is 0 Å². The van der Waals surface area contributed by atoms with Crippen molar-refractivity contribution in [2.45, 2.75) is 495 Å². The van der Waals surface area contributed by atoms with Gasteiger partial charge in [-0.15, -0.1) is 0 Å². The summed E-state index contributed by atoms with van der Waals surface area (Å²) in [6, 6.07) is -0.539. The van der Waals surface area contributed by atoms with Crippen molar-refractivity contribution in [2.75, 3.05) is 13.2 Å². The number of ether oxygens (including phenoxy) is 1. The molecule has 0 spiro atoms. The summed E-state index contributed by atoms with van der Waals surface area (Å²) in [5, 5.41) is 23.5. The molecule has 0 aromatic rings. The molecule has 0 fully saturated rings. The van der Waals surface area contributed by atoms with Gasteiger partial charge >= 0.3 is 5.97 Å². The Bertz CT molecular complexity index is 1350. The zero-order valence-electron chi connectivity index (χ0n) is 61.0. The first-order chi connectivity index (χ1) is 44.0. The molecule has 6 heteroatoms. The monoisotopic (exact) mass is 1250 g/mol. The Morgan fingerprint density at radius 1 is 0.303 bits per heavy atom. The molecule has 0 radical (unpaired) electrons. The lowest BCUT2D eigenvalue weighted by atomic mass is 10.0. The van der Waals surface area contributed by atoms with Crippen molar-refractivity contribution < 1.29 is 24.5 Å². The molecule has 89 heavy (non-hydrogen) atoms. The first-order valence-corrected chi connectivity index (χ1v) is 41.4. The summed E-state index contributed by atoms with van der Waals surface area (Å²) in [7, 11) is 0. The maximum atomic E-state index is 12.6. The van der Waals surface area contributed by atoms with E-state index < -0.39 is 12.1 Å². The van der Waals surface area contributed by atoms with E-state index in [4.69, 9.17) is 4.74 Å². The van der Waals surface area contributed by atoms with Crippen molar-refractivity contribution in [3.05, 3.63) is 12.2 Å². The highest BCUT2D eigenvalue weighted by Gasteiger charge is 2.20. The topological polar surface area (TPSA) is 95.9 Å². The first kappa shape index (κ1) is 87.6. The Morgan fingerprint density at radius 3 is 0.798 bits per heavy atom. The largest absolute Gasteiger partial charge is 0.466 e. The number of esters is 1. The standard InChI is InChI=1S/C83H163NO5/c1-3-5-7-9-11-13-15-17-19-20-21-41-44-48-51-55-59-63-67-71-75-81(86)80(79-85)84-82(87)76-72-68-64-60-56-52-49-45-42-39-37-35-33-31-29-27-25-23-22-24-26-28-30-32-34-36-38-40-43-46-50-54-58-62-66-70-74-78-89-83(88)77-73-69-65-61-57-53-47-18-16-14-12-10-8-6-4-2/h22,24,80-81,85-86H,3-21,23,25-79H2,1-2H3,(H,84,87)/b24-22-. The lowest BCUT2D eigenvalue weighted by Crippen LogP contribution is -2.45. The van der Waals surface area contributed by atoms with Crippen LogP contribution < -0.4 is 5.32 Å². The molecule has 0 aromatic carbocycles. The summed E-state index contributed by atoms with van der Waals surface area (Å²) < 4.78 is 5.51. The quantitative estimate of drug-likeness (QED) is 0.0320. The van der Waals surface area contributed by atoms with Crippen LogP contribution in [0.5, 0.6) is 0 Å². The van der Waals surface area contributed by atoms with Gasteiger partial charge in [-0.1, -0.05) is 431 Å². The Balaban J connectivity index is 3.32. The second-order valence-corrected chi connectivity index (χ2v) is 28.8. The third kappa shape index (κ3) is 75.5. The Morgan fingerprint density at radius 2 is 0.528 bits per heavy atom. The van der Waals surface area contributed by atoms with E-state index in [-0.39, 0.29) is 18.5 Å². The molecule has 2 atom stereocenters. The molecule has 0 rings (SSSR count). The molecule has 0 bridgehead atoms. The van der Waals surface area contributed by atoms with Gasteiger partial charge < -0.3 is 20.3 Å². The number of carbonyl (C=O) groups excluding carboxylic acids is 2. The minimum Gasteiger partial charge on any atom is -0.466 e. The predicted molar refractivity (Wildman–Crippen MR) is 394 cm³/mol. The molecule has 0 aliphatic rings. The van der Waals surface area contributed by atoms with Crippen molar-refractivity contribution in [3.8, 4) is 0 Å². The molecule has 3 N–H and O–H groups in total. The molecular weight excluding hydrogens is 1090 g/mol. The third-order valence-electron chi connectivity index (χ3n) is 19.8. The number of allylic oxidation sites excluding steroid dienone is 2. The molecule has 0 saturated carbocycles. The maximum Gasteiger partial charge on any atom is 0.305 e. The van der Waals surface area contributed by atoms with Gasteiger partial charge in [-0.3, -0.25) is 9.59 Å².